The molecule has 0 atom stereocenters. The summed E-state index contributed by atoms with van der Waals surface area (Å²) in [5.74, 6) is 0.942. The second-order valence-electron chi connectivity index (χ2n) is 14.7. The van der Waals surface area contributed by atoms with Crippen LogP contribution >= 0.6 is 0 Å². The predicted molar refractivity (Wildman–Crippen MR) is 223 cm³/mol. The van der Waals surface area contributed by atoms with Gasteiger partial charge in [0.2, 0.25) is 0 Å². The van der Waals surface area contributed by atoms with Gasteiger partial charge in [-0.3, -0.25) is 4.57 Å². The number of hydrogen-bond acceptors (Lipinski definition) is 1. The first-order valence-corrected chi connectivity index (χ1v) is 18.7. The number of benzene rings is 9. The van der Waals surface area contributed by atoms with Gasteiger partial charge in [-0.05, 0) is 120 Å². The minimum absolute atomic E-state index is 0.408. The molecule has 250 valence electrons. The lowest BCUT2D eigenvalue weighted by molar-refractivity contribution is 0.802. The van der Waals surface area contributed by atoms with E-state index < -0.39 is 5.41 Å². The molecular weight excluding hydrogens is 653 g/mol. The molecule has 1 heterocycles. The maximum Gasteiger partial charge on any atom is 0.145 e. The Morgan fingerprint density at radius 3 is 1.85 bits per heavy atom. The predicted octanol–water partition coefficient (Wildman–Crippen LogP) is 13.0. The topological polar surface area (TPSA) is 17.8 Å². The molecule has 1 spiro atoms. The Labute approximate surface area is 313 Å². The van der Waals surface area contributed by atoms with Crippen LogP contribution in [-0.4, -0.2) is 9.55 Å². The maximum absolute atomic E-state index is 5.10. The van der Waals surface area contributed by atoms with E-state index in [1.807, 2.05) is 0 Å². The first-order chi connectivity index (χ1) is 26.8. The Hall–Kier alpha value is -7.03. The highest BCUT2D eigenvalue weighted by molar-refractivity contribution is 6.06. The summed E-state index contributed by atoms with van der Waals surface area (Å²) >= 11 is 0. The maximum atomic E-state index is 5.10. The summed E-state index contributed by atoms with van der Waals surface area (Å²) in [6.45, 7) is 0. The Morgan fingerprint density at radius 2 is 1.04 bits per heavy atom. The Balaban J connectivity index is 1.04. The molecule has 0 fully saturated rings. The molecule has 0 aliphatic heterocycles. The van der Waals surface area contributed by atoms with Crippen LogP contribution in [0.15, 0.2) is 194 Å². The average Bonchev–Trinajstić information content (AvgIpc) is 3.87. The van der Waals surface area contributed by atoms with E-state index in [4.69, 9.17) is 4.98 Å². The van der Waals surface area contributed by atoms with Gasteiger partial charge in [0.05, 0.1) is 16.4 Å². The number of rotatable bonds is 3. The van der Waals surface area contributed by atoms with E-state index >= 15 is 0 Å². The van der Waals surface area contributed by atoms with E-state index in [9.17, 15) is 0 Å². The molecular formula is C52H32N2. The van der Waals surface area contributed by atoms with Gasteiger partial charge in [-0.15, -0.1) is 0 Å². The first kappa shape index (κ1) is 29.5. The lowest BCUT2D eigenvalue weighted by Gasteiger charge is -2.31. The number of aromatic nitrogens is 2. The lowest BCUT2D eigenvalue weighted by atomic mass is 9.69. The Kier molecular flexibility index (Phi) is 6.01. The number of imidazole rings is 1. The summed E-state index contributed by atoms with van der Waals surface area (Å²) in [4.78, 5) is 5.10. The van der Waals surface area contributed by atoms with Gasteiger partial charge >= 0.3 is 0 Å². The van der Waals surface area contributed by atoms with Gasteiger partial charge in [0.15, 0.2) is 0 Å². The molecule has 2 heteroatoms. The number of fused-ring (bicyclic) bond motifs is 14. The summed E-state index contributed by atoms with van der Waals surface area (Å²) in [5.41, 5.74) is 17.1. The van der Waals surface area contributed by atoms with Crippen molar-refractivity contribution in [2.24, 2.45) is 0 Å². The third kappa shape index (κ3) is 3.92. The highest BCUT2D eigenvalue weighted by atomic mass is 15.1. The van der Waals surface area contributed by atoms with Crippen LogP contribution in [0.4, 0.5) is 0 Å². The van der Waals surface area contributed by atoms with Crippen LogP contribution in [0.3, 0.4) is 0 Å². The molecule has 1 aromatic heterocycles. The summed E-state index contributed by atoms with van der Waals surface area (Å²) in [7, 11) is 0. The van der Waals surface area contributed by atoms with Gasteiger partial charge in [0.25, 0.3) is 0 Å². The fourth-order valence-electron chi connectivity index (χ4n) is 9.71. The van der Waals surface area contributed by atoms with E-state index in [-0.39, 0.29) is 0 Å². The Bertz CT molecular complexity index is 3100. The lowest BCUT2D eigenvalue weighted by Crippen LogP contribution is -2.26. The van der Waals surface area contributed by atoms with Crippen LogP contribution in [0.2, 0.25) is 0 Å². The minimum Gasteiger partial charge on any atom is -0.292 e. The van der Waals surface area contributed by atoms with Crippen molar-refractivity contribution in [2.75, 3.05) is 0 Å². The molecule has 9 aromatic carbocycles. The third-order valence-corrected chi connectivity index (χ3v) is 12.0. The zero-order valence-electron chi connectivity index (χ0n) is 29.4. The molecule has 0 saturated carbocycles. The SMILES string of the molecule is c1ccc(-n2c(-c3ccc(-c4ccc5cc6c(cc5c4)C4(c5ccccc5-c5ccccc54)c4c-6ccc5ccccc45)cc3)nc3ccccc32)cc1. The van der Waals surface area contributed by atoms with Crippen LogP contribution in [-0.2, 0) is 5.41 Å². The summed E-state index contributed by atoms with van der Waals surface area (Å²) < 4.78 is 2.26. The second-order valence-corrected chi connectivity index (χ2v) is 14.7. The van der Waals surface area contributed by atoms with E-state index in [1.165, 1.54) is 77.2 Å². The van der Waals surface area contributed by atoms with Crippen LogP contribution in [0.1, 0.15) is 22.3 Å². The standard InChI is InChI=1S/C52H32N2/c1-2-13-39(14-3-1)54-49-21-11-10-20-48(49)53-51(54)35-24-22-33(23-25-35)36-26-27-37-31-44-43-29-28-34-12-4-5-15-40(34)50(43)52(47(44)32-38(37)30-36)45-18-8-6-16-41(45)42-17-7-9-19-46(42)52/h1-32H. The minimum atomic E-state index is -0.408. The molecule has 2 nitrogen and oxygen atoms in total. The smallest absolute Gasteiger partial charge is 0.145 e. The van der Waals surface area contributed by atoms with Gasteiger partial charge in [0, 0.05) is 11.3 Å². The average molecular weight is 685 g/mol. The molecule has 0 N–H and O–H groups in total. The molecule has 0 bridgehead atoms. The third-order valence-electron chi connectivity index (χ3n) is 12.0. The second kappa shape index (κ2) is 11.0. The van der Waals surface area contributed by atoms with Crippen LogP contribution in [0.5, 0.6) is 0 Å². The summed E-state index contributed by atoms with van der Waals surface area (Å²) in [6.07, 6.45) is 0. The normalized spacial score (nSPS) is 13.3. The number of nitrogens with zero attached hydrogens (tertiary/aromatic N) is 2. The van der Waals surface area contributed by atoms with Crippen molar-refractivity contribution in [1.29, 1.82) is 0 Å². The monoisotopic (exact) mass is 684 g/mol. The molecule has 2 aliphatic carbocycles. The van der Waals surface area contributed by atoms with Crippen molar-refractivity contribution in [3.05, 3.63) is 216 Å². The van der Waals surface area contributed by atoms with Crippen molar-refractivity contribution in [3.8, 4) is 50.5 Å². The molecule has 2 aliphatic rings. The van der Waals surface area contributed by atoms with Crippen molar-refractivity contribution in [2.45, 2.75) is 5.41 Å². The number of hydrogen-bond donors (Lipinski definition) is 0. The van der Waals surface area contributed by atoms with Crippen molar-refractivity contribution in [1.82, 2.24) is 9.55 Å². The molecule has 0 unspecified atom stereocenters. The fourth-order valence-corrected chi connectivity index (χ4v) is 9.71. The fraction of sp³-hybridized carbons (Fsp3) is 0.0192. The molecule has 10 aromatic rings. The van der Waals surface area contributed by atoms with Gasteiger partial charge in [-0.1, -0.05) is 152 Å². The van der Waals surface area contributed by atoms with Crippen molar-refractivity contribution < 1.29 is 0 Å². The largest absolute Gasteiger partial charge is 0.292 e. The molecule has 0 radical (unpaired) electrons. The van der Waals surface area contributed by atoms with Gasteiger partial charge < -0.3 is 0 Å². The van der Waals surface area contributed by atoms with Gasteiger partial charge in [0.1, 0.15) is 5.82 Å². The zero-order valence-corrected chi connectivity index (χ0v) is 29.4. The Morgan fingerprint density at radius 1 is 0.389 bits per heavy atom. The zero-order chi connectivity index (χ0) is 35.4. The highest BCUT2D eigenvalue weighted by Gasteiger charge is 2.52. The van der Waals surface area contributed by atoms with E-state index in [0.717, 1.165) is 28.1 Å². The van der Waals surface area contributed by atoms with Crippen LogP contribution in [0, 0.1) is 0 Å². The molecule has 12 rings (SSSR count). The molecule has 54 heavy (non-hydrogen) atoms. The van der Waals surface area contributed by atoms with Gasteiger partial charge in [-0.25, -0.2) is 4.98 Å². The summed E-state index contributed by atoms with van der Waals surface area (Å²) in [6, 6.07) is 71.4. The highest BCUT2D eigenvalue weighted by Crippen LogP contribution is 2.64. The summed E-state index contributed by atoms with van der Waals surface area (Å²) in [5, 5.41) is 5.10. The van der Waals surface area contributed by atoms with E-state index in [0.29, 0.717) is 0 Å². The molecule has 0 amide bonds. The van der Waals surface area contributed by atoms with Crippen LogP contribution in [0.25, 0.3) is 83.0 Å². The van der Waals surface area contributed by atoms with Crippen LogP contribution < -0.4 is 0 Å². The number of para-hydroxylation sites is 3. The first-order valence-electron chi connectivity index (χ1n) is 18.7. The molecule has 0 saturated heterocycles. The van der Waals surface area contributed by atoms with Crippen molar-refractivity contribution >= 4 is 32.6 Å². The van der Waals surface area contributed by atoms with Crippen molar-refractivity contribution in [3.63, 3.8) is 0 Å². The van der Waals surface area contributed by atoms with E-state index in [1.54, 1.807) is 0 Å². The quantitative estimate of drug-likeness (QED) is 0.181. The van der Waals surface area contributed by atoms with E-state index in [2.05, 4.69) is 199 Å². The van der Waals surface area contributed by atoms with Gasteiger partial charge in [-0.2, -0.15) is 0 Å².